The summed E-state index contributed by atoms with van der Waals surface area (Å²) in [6, 6.07) is 6.90. The highest BCUT2D eigenvalue weighted by Crippen LogP contribution is 2.18. The van der Waals surface area contributed by atoms with Gasteiger partial charge < -0.3 is 10.6 Å². The number of sulfonamides is 1. The minimum atomic E-state index is -3.19. The van der Waals surface area contributed by atoms with Crippen LogP contribution in [0.25, 0.3) is 0 Å². The zero-order chi connectivity index (χ0) is 15.5. The summed E-state index contributed by atoms with van der Waals surface area (Å²) in [7, 11) is -3.19. The molecular weight excluding hydrogens is 290 g/mol. The zero-order valence-corrected chi connectivity index (χ0v) is 12.9. The van der Waals surface area contributed by atoms with Crippen molar-refractivity contribution in [3.05, 3.63) is 29.8 Å². The van der Waals surface area contributed by atoms with Gasteiger partial charge in [0.05, 0.1) is 11.3 Å². The molecule has 0 atom stereocenters. The molecule has 1 aliphatic rings. The summed E-state index contributed by atoms with van der Waals surface area (Å²) >= 11 is 0. The summed E-state index contributed by atoms with van der Waals surface area (Å²) < 4.78 is 25.7. The highest BCUT2D eigenvalue weighted by molar-refractivity contribution is 7.89. The number of nitrogens with zero attached hydrogens (tertiary/aromatic N) is 1. The Morgan fingerprint density at radius 2 is 1.95 bits per heavy atom. The van der Waals surface area contributed by atoms with Crippen LogP contribution in [0, 0.1) is 0 Å². The summed E-state index contributed by atoms with van der Waals surface area (Å²) in [5.41, 5.74) is 6.79. The lowest BCUT2D eigenvalue weighted by Crippen LogP contribution is -2.46. The molecule has 0 radical (unpaired) electrons. The molecule has 7 heteroatoms. The third kappa shape index (κ3) is 3.95. The molecule has 0 saturated carbocycles. The molecule has 0 bridgehead atoms. The Bertz CT molecular complexity index is 608. The van der Waals surface area contributed by atoms with Crippen molar-refractivity contribution in [3.63, 3.8) is 0 Å². The van der Waals surface area contributed by atoms with Crippen molar-refractivity contribution >= 4 is 21.6 Å². The van der Waals surface area contributed by atoms with Gasteiger partial charge >= 0.3 is 0 Å². The van der Waals surface area contributed by atoms with E-state index in [0.29, 0.717) is 37.2 Å². The number of carbonyl (C=O) groups is 1. The summed E-state index contributed by atoms with van der Waals surface area (Å²) in [5.74, 6) is -0.0166. The number of nitrogen functional groups attached to an aromatic ring is 1. The van der Waals surface area contributed by atoms with Crippen molar-refractivity contribution in [2.75, 3.05) is 24.6 Å². The fraction of sp³-hybridized carbons (Fsp3) is 0.500. The van der Waals surface area contributed by atoms with Crippen LogP contribution in [-0.4, -0.2) is 44.1 Å². The summed E-state index contributed by atoms with van der Waals surface area (Å²) in [6.45, 7) is 2.67. The first-order chi connectivity index (χ1) is 9.93. The lowest BCUT2D eigenvalue weighted by Gasteiger charge is -2.32. The van der Waals surface area contributed by atoms with Crippen LogP contribution >= 0.6 is 0 Å². The number of amides is 1. The van der Waals surface area contributed by atoms with Crippen molar-refractivity contribution in [1.82, 2.24) is 9.62 Å². The predicted molar refractivity (Wildman–Crippen MR) is 82.4 cm³/mol. The Balaban J connectivity index is 1.95. The van der Waals surface area contributed by atoms with E-state index in [1.54, 1.807) is 36.1 Å². The van der Waals surface area contributed by atoms with Gasteiger partial charge in [-0.1, -0.05) is 12.1 Å². The van der Waals surface area contributed by atoms with Crippen LogP contribution in [0.4, 0.5) is 5.69 Å². The van der Waals surface area contributed by atoms with Gasteiger partial charge in [-0.25, -0.2) is 13.1 Å². The second-order valence-electron chi connectivity index (χ2n) is 5.17. The Morgan fingerprint density at radius 3 is 2.52 bits per heavy atom. The predicted octanol–water partition coefficient (Wildman–Crippen LogP) is 0.813. The second kappa shape index (κ2) is 6.44. The van der Waals surface area contributed by atoms with E-state index < -0.39 is 10.0 Å². The number of nitrogens with one attached hydrogen (secondary N) is 1. The molecule has 1 fully saturated rings. The van der Waals surface area contributed by atoms with Gasteiger partial charge in [0.15, 0.2) is 0 Å². The number of nitrogens with two attached hydrogens (primary N) is 1. The maximum absolute atomic E-state index is 12.4. The minimum absolute atomic E-state index is 0.0761. The zero-order valence-electron chi connectivity index (χ0n) is 12.1. The van der Waals surface area contributed by atoms with Gasteiger partial charge in [-0.15, -0.1) is 0 Å². The lowest BCUT2D eigenvalue weighted by molar-refractivity contribution is 0.0712. The molecule has 116 valence electrons. The normalized spacial score (nSPS) is 16.9. The van der Waals surface area contributed by atoms with Crippen molar-refractivity contribution in [2.45, 2.75) is 25.8 Å². The largest absolute Gasteiger partial charge is 0.398 e. The van der Waals surface area contributed by atoms with Gasteiger partial charge in [-0.05, 0) is 31.9 Å². The first-order valence-electron chi connectivity index (χ1n) is 7.06. The molecule has 1 saturated heterocycles. The third-order valence-electron chi connectivity index (χ3n) is 3.70. The van der Waals surface area contributed by atoms with Gasteiger partial charge in [-0.3, -0.25) is 4.79 Å². The number of hydrogen-bond donors (Lipinski definition) is 2. The molecule has 0 aliphatic carbocycles. The van der Waals surface area contributed by atoms with Gasteiger partial charge in [0.25, 0.3) is 5.91 Å². The molecule has 0 unspecified atom stereocenters. The number of hydrogen-bond acceptors (Lipinski definition) is 4. The van der Waals surface area contributed by atoms with Gasteiger partial charge in [0.2, 0.25) is 10.0 Å². The molecule has 1 aliphatic heterocycles. The van der Waals surface area contributed by atoms with Crippen molar-refractivity contribution in [1.29, 1.82) is 0 Å². The standard InChI is InChI=1S/C14H21N3O3S/c1-2-21(19,20)16-11-7-9-17(10-8-11)14(18)12-5-3-4-6-13(12)15/h3-6,11,16H,2,7-10,15H2,1H3. The van der Waals surface area contributed by atoms with Crippen LogP contribution < -0.4 is 10.5 Å². The monoisotopic (exact) mass is 311 g/mol. The topological polar surface area (TPSA) is 92.5 Å². The number of benzene rings is 1. The molecule has 0 spiro atoms. The number of carbonyl (C=O) groups excluding carboxylic acids is 1. The van der Waals surface area contributed by atoms with E-state index in [1.807, 2.05) is 0 Å². The second-order valence-corrected chi connectivity index (χ2v) is 7.22. The van der Waals surface area contributed by atoms with Gasteiger partial charge in [-0.2, -0.15) is 0 Å². The smallest absolute Gasteiger partial charge is 0.255 e. The minimum Gasteiger partial charge on any atom is -0.398 e. The Kier molecular flexibility index (Phi) is 4.84. The van der Waals surface area contributed by atoms with E-state index in [0.717, 1.165) is 0 Å². The molecule has 2 rings (SSSR count). The molecule has 21 heavy (non-hydrogen) atoms. The molecule has 0 aromatic heterocycles. The molecule has 1 amide bonds. The highest BCUT2D eigenvalue weighted by atomic mass is 32.2. The van der Waals surface area contributed by atoms with Crippen LogP contribution in [0.15, 0.2) is 24.3 Å². The van der Waals surface area contributed by atoms with Gasteiger partial charge in [0.1, 0.15) is 0 Å². The molecule has 6 nitrogen and oxygen atoms in total. The summed E-state index contributed by atoms with van der Waals surface area (Å²) in [4.78, 5) is 14.1. The quantitative estimate of drug-likeness (QED) is 0.805. The fourth-order valence-corrected chi connectivity index (χ4v) is 3.31. The van der Waals surface area contributed by atoms with E-state index in [2.05, 4.69) is 4.72 Å². The molecule has 1 aromatic carbocycles. The fourth-order valence-electron chi connectivity index (χ4n) is 2.40. The number of anilines is 1. The number of para-hydroxylation sites is 1. The van der Waals surface area contributed by atoms with E-state index in [1.165, 1.54) is 0 Å². The first-order valence-corrected chi connectivity index (χ1v) is 8.72. The first kappa shape index (κ1) is 15.8. The Morgan fingerprint density at radius 1 is 1.33 bits per heavy atom. The Hall–Kier alpha value is -1.60. The van der Waals surface area contributed by atoms with E-state index in [9.17, 15) is 13.2 Å². The average molecular weight is 311 g/mol. The van der Waals surface area contributed by atoms with Crippen molar-refractivity contribution in [3.8, 4) is 0 Å². The Labute approximate surface area is 125 Å². The lowest BCUT2D eigenvalue weighted by atomic mass is 10.0. The summed E-state index contributed by atoms with van der Waals surface area (Å²) in [6.07, 6.45) is 1.25. The third-order valence-corrected chi connectivity index (χ3v) is 5.15. The van der Waals surface area contributed by atoms with E-state index in [-0.39, 0.29) is 17.7 Å². The average Bonchev–Trinajstić information content (AvgIpc) is 2.47. The van der Waals surface area contributed by atoms with E-state index in [4.69, 9.17) is 5.73 Å². The number of rotatable bonds is 4. The van der Waals surface area contributed by atoms with Crippen molar-refractivity contribution < 1.29 is 13.2 Å². The maximum atomic E-state index is 12.4. The number of likely N-dealkylation sites (tertiary alicyclic amines) is 1. The van der Waals surface area contributed by atoms with E-state index >= 15 is 0 Å². The van der Waals surface area contributed by atoms with Crippen LogP contribution in [-0.2, 0) is 10.0 Å². The summed E-state index contributed by atoms with van der Waals surface area (Å²) in [5, 5.41) is 0. The molecule has 1 aromatic rings. The molecular formula is C14H21N3O3S. The SMILES string of the molecule is CCS(=O)(=O)NC1CCN(C(=O)c2ccccc2N)CC1. The van der Waals surface area contributed by atoms with Crippen LogP contribution in [0.1, 0.15) is 30.1 Å². The maximum Gasteiger partial charge on any atom is 0.255 e. The number of piperidine rings is 1. The molecule has 3 N–H and O–H groups in total. The molecule has 1 heterocycles. The van der Waals surface area contributed by atoms with Crippen molar-refractivity contribution in [2.24, 2.45) is 0 Å². The van der Waals surface area contributed by atoms with Crippen LogP contribution in [0.2, 0.25) is 0 Å². The van der Waals surface area contributed by atoms with Crippen LogP contribution in [0.5, 0.6) is 0 Å². The van der Waals surface area contributed by atoms with Gasteiger partial charge in [0, 0.05) is 24.8 Å². The highest BCUT2D eigenvalue weighted by Gasteiger charge is 2.26. The van der Waals surface area contributed by atoms with Crippen LogP contribution in [0.3, 0.4) is 0 Å².